The SMILES string of the molecule is C[C@H](OC(=O)c1ccc2nc(N)sc2c1)C(=O)c1c[nH]c2ccccc12. The van der Waals surface area contributed by atoms with Gasteiger partial charge in [0.05, 0.1) is 15.8 Å². The molecule has 2 aromatic heterocycles. The number of nitrogen functional groups attached to an aromatic ring is 1. The van der Waals surface area contributed by atoms with Crippen LogP contribution in [0.2, 0.25) is 0 Å². The quantitative estimate of drug-likeness (QED) is 0.423. The molecule has 0 bridgehead atoms. The van der Waals surface area contributed by atoms with E-state index in [0.717, 1.165) is 21.1 Å². The van der Waals surface area contributed by atoms with Crippen LogP contribution in [0.3, 0.4) is 0 Å². The summed E-state index contributed by atoms with van der Waals surface area (Å²) in [6, 6.07) is 12.5. The number of anilines is 1. The van der Waals surface area contributed by atoms with E-state index < -0.39 is 12.1 Å². The summed E-state index contributed by atoms with van der Waals surface area (Å²) in [7, 11) is 0. The number of Topliss-reactive ketones (excluding diaryl/α,β-unsaturated/α-hetero) is 1. The van der Waals surface area contributed by atoms with Crippen LogP contribution in [0, 0.1) is 0 Å². The molecule has 0 fully saturated rings. The summed E-state index contributed by atoms with van der Waals surface area (Å²) in [5.74, 6) is -0.807. The number of hydrogen-bond donors (Lipinski definition) is 2. The number of nitrogens with one attached hydrogen (secondary N) is 1. The average molecular weight is 365 g/mol. The number of para-hydroxylation sites is 1. The number of ether oxygens (including phenoxy) is 1. The number of thiazole rings is 1. The van der Waals surface area contributed by atoms with Gasteiger partial charge in [0.1, 0.15) is 0 Å². The fourth-order valence-corrected chi connectivity index (χ4v) is 3.62. The van der Waals surface area contributed by atoms with Gasteiger partial charge in [0, 0.05) is 22.7 Å². The standard InChI is InChI=1S/C19H15N3O3S/c1-10(17(23)13-9-21-14-5-3-2-4-12(13)14)25-18(24)11-6-7-15-16(8-11)26-19(20)22-15/h2-10,21H,1H3,(H2,20,22)/t10-/m0/s1. The van der Waals surface area contributed by atoms with Crippen LogP contribution in [-0.4, -0.2) is 27.8 Å². The van der Waals surface area contributed by atoms with Gasteiger partial charge < -0.3 is 15.5 Å². The van der Waals surface area contributed by atoms with Crippen LogP contribution in [0.25, 0.3) is 21.1 Å². The molecule has 0 amide bonds. The predicted molar refractivity (Wildman–Crippen MR) is 102 cm³/mol. The van der Waals surface area contributed by atoms with Gasteiger partial charge in [-0.1, -0.05) is 29.5 Å². The van der Waals surface area contributed by atoms with Crippen molar-refractivity contribution in [1.29, 1.82) is 0 Å². The Kier molecular flexibility index (Phi) is 3.93. The van der Waals surface area contributed by atoms with E-state index in [0.29, 0.717) is 16.3 Å². The summed E-state index contributed by atoms with van der Waals surface area (Å²) < 4.78 is 6.18. The maximum Gasteiger partial charge on any atom is 0.338 e. The zero-order valence-corrected chi connectivity index (χ0v) is 14.7. The van der Waals surface area contributed by atoms with Crippen LogP contribution in [0.1, 0.15) is 27.6 Å². The van der Waals surface area contributed by atoms with Gasteiger partial charge in [-0.15, -0.1) is 0 Å². The molecule has 0 saturated heterocycles. The molecule has 4 rings (SSSR count). The van der Waals surface area contributed by atoms with Crippen molar-refractivity contribution >= 4 is 49.3 Å². The number of H-pyrrole nitrogens is 1. The second-order valence-electron chi connectivity index (χ2n) is 5.89. The van der Waals surface area contributed by atoms with Gasteiger partial charge in [0.2, 0.25) is 5.78 Å². The smallest absolute Gasteiger partial charge is 0.338 e. The number of nitrogens with zero attached hydrogens (tertiary/aromatic N) is 1. The van der Waals surface area contributed by atoms with Crippen molar-refractivity contribution in [2.75, 3.05) is 5.73 Å². The zero-order chi connectivity index (χ0) is 18.3. The number of esters is 1. The lowest BCUT2D eigenvalue weighted by molar-refractivity contribution is 0.0319. The van der Waals surface area contributed by atoms with Crippen LogP contribution in [0.15, 0.2) is 48.7 Å². The molecule has 0 aliphatic heterocycles. The highest BCUT2D eigenvalue weighted by Crippen LogP contribution is 2.25. The highest BCUT2D eigenvalue weighted by atomic mass is 32.1. The lowest BCUT2D eigenvalue weighted by Gasteiger charge is -2.12. The van der Waals surface area contributed by atoms with Crippen LogP contribution in [-0.2, 0) is 4.74 Å². The van der Waals surface area contributed by atoms with Gasteiger partial charge in [-0.2, -0.15) is 0 Å². The minimum atomic E-state index is -0.899. The summed E-state index contributed by atoms with van der Waals surface area (Å²) in [4.78, 5) is 32.3. The Morgan fingerprint density at radius 1 is 1.23 bits per heavy atom. The van der Waals surface area contributed by atoms with Crippen LogP contribution in [0.5, 0.6) is 0 Å². The van der Waals surface area contributed by atoms with Gasteiger partial charge in [-0.25, -0.2) is 9.78 Å². The fourth-order valence-electron chi connectivity index (χ4n) is 2.85. The summed E-state index contributed by atoms with van der Waals surface area (Å²) in [5, 5.41) is 1.25. The minimum Gasteiger partial charge on any atom is -0.451 e. The molecule has 2 heterocycles. The Balaban J connectivity index is 1.55. The fraction of sp³-hybridized carbons (Fsp3) is 0.105. The van der Waals surface area contributed by atoms with E-state index in [4.69, 9.17) is 10.5 Å². The number of hydrogen-bond acceptors (Lipinski definition) is 6. The third-order valence-corrected chi connectivity index (χ3v) is 5.00. The molecule has 0 aliphatic carbocycles. The van der Waals surface area contributed by atoms with E-state index in [1.54, 1.807) is 31.3 Å². The molecule has 7 heteroatoms. The Hall–Kier alpha value is -3.19. The monoisotopic (exact) mass is 365 g/mol. The molecule has 0 saturated carbocycles. The van der Waals surface area contributed by atoms with Gasteiger partial charge in [-0.05, 0) is 31.2 Å². The highest BCUT2D eigenvalue weighted by Gasteiger charge is 2.23. The highest BCUT2D eigenvalue weighted by molar-refractivity contribution is 7.22. The summed E-state index contributed by atoms with van der Waals surface area (Å²) >= 11 is 1.30. The Morgan fingerprint density at radius 3 is 2.88 bits per heavy atom. The molecule has 130 valence electrons. The van der Waals surface area contributed by atoms with E-state index in [1.165, 1.54) is 11.3 Å². The topological polar surface area (TPSA) is 98.1 Å². The van der Waals surface area contributed by atoms with E-state index >= 15 is 0 Å². The molecular weight excluding hydrogens is 350 g/mol. The maximum absolute atomic E-state index is 12.7. The molecule has 2 aromatic carbocycles. The molecular formula is C19H15N3O3S. The van der Waals surface area contributed by atoms with E-state index in [-0.39, 0.29) is 5.78 Å². The Morgan fingerprint density at radius 2 is 2.04 bits per heavy atom. The maximum atomic E-state index is 12.7. The number of carbonyl (C=O) groups is 2. The molecule has 26 heavy (non-hydrogen) atoms. The first-order valence-corrected chi connectivity index (χ1v) is 8.82. The van der Waals surface area contributed by atoms with Crippen molar-refractivity contribution in [3.63, 3.8) is 0 Å². The molecule has 1 atom stereocenters. The van der Waals surface area contributed by atoms with Crippen LogP contribution in [0.4, 0.5) is 5.13 Å². The van der Waals surface area contributed by atoms with Crippen molar-refractivity contribution in [3.8, 4) is 0 Å². The number of fused-ring (bicyclic) bond motifs is 2. The molecule has 0 radical (unpaired) electrons. The van der Waals surface area contributed by atoms with Gasteiger partial charge in [0.25, 0.3) is 0 Å². The second kappa shape index (κ2) is 6.27. The molecule has 0 spiro atoms. The average Bonchev–Trinajstić information content (AvgIpc) is 3.22. The molecule has 3 N–H and O–H groups in total. The lowest BCUT2D eigenvalue weighted by Crippen LogP contribution is -2.24. The van der Waals surface area contributed by atoms with Crippen molar-refractivity contribution in [1.82, 2.24) is 9.97 Å². The van der Waals surface area contributed by atoms with Crippen molar-refractivity contribution < 1.29 is 14.3 Å². The summed E-state index contributed by atoms with van der Waals surface area (Å²) in [6.45, 7) is 1.57. The number of rotatable bonds is 4. The van der Waals surface area contributed by atoms with Crippen molar-refractivity contribution in [3.05, 3.63) is 59.8 Å². The van der Waals surface area contributed by atoms with Crippen molar-refractivity contribution in [2.24, 2.45) is 0 Å². The largest absolute Gasteiger partial charge is 0.451 e. The van der Waals surface area contributed by atoms with Gasteiger partial charge in [-0.3, -0.25) is 4.79 Å². The van der Waals surface area contributed by atoms with Crippen LogP contribution >= 0.6 is 11.3 Å². The molecule has 4 aromatic rings. The van der Waals surface area contributed by atoms with E-state index in [9.17, 15) is 9.59 Å². The van der Waals surface area contributed by atoms with Gasteiger partial charge >= 0.3 is 5.97 Å². The predicted octanol–water partition coefficient (Wildman–Crippen LogP) is 3.79. The minimum absolute atomic E-state index is 0.251. The first kappa shape index (κ1) is 16.3. The Bertz CT molecular complexity index is 1150. The van der Waals surface area contributed by atoms with Crippen molar-refractivity contribution in [2.45, 2.75) is 13.0 Å². The van der Waals surface area contributed by atoms with E-state index in [1.807, 2.05) is 24.3 Å². The van der Waals surface area contributed by atoms with E-state index in [2.05, 4.69) is 9.97 Å². The lowest BCUT2D eigenvalue weighted by atomic mass is 10.1. The molecule has 0 unspecified atom stereocenters. The number of aromatic nitrogens is 2. The second-order valence-corrected chi connectivity index (χ2v) is 6.96. The summed E-state index contributed by atoms with van der Waals surface area (Å²) in [5.41, 5.74) is 8.14. The third kappa shape index (κ3) is 2.82. The van der Waals surface area contributed by atoms with Gasteiger partial charge in [0.15, 0.2) is 11.2 Å². The number of benzene rings is 2. The third-order valence-electron chi connectivity index (χ3n) is 4.15. The number of aromatic amines is 1. The number of carbonyl (C=O) groups excluding carboxylic acids is 2. The normalized spacial score (nSPS) is 12.3. The Labute approximate surface area is 152 Å². The zero-order valence-electron chi connectivity index (χ0n) is 13.9. The molecule has 0 aliphatic rings. The number of nitrogens with two attached hydrogens (primary N) is 1. The molecule has 6 nitrogen and oxygen atoms in total. The summed E-state index contributed by atoms with van der Waals surface area (Å²) in [6.07, 6.45) is 0.743. The first-order chi connectivity index (χ1) is 12.5. The number of ketones is 1. The van der Waals surface area contributed by atoms with Crippen LogP contribution < -0.4 is 5.73 Å². The first-order valence-electron chi connectivity index (χ1n) is 8.00.